The molecule has 76 valence electrons. The molecule has 4 nitrogen and oxygen atoms in total. The van der Waals surface area contributed by atoms with E-state index in [2.05, 4.69) is 28.0 Å². The Balaban J connectivity index is 1.53. The summed E-state index contributed by atoms with van der Waals surface area (Å²) in [5.74, 6) is 0. The highest BCUT2D eigenvalue weighted by atomic mass is 16.6. The highest BCUT2D eigenvalue weighted by molar-refractivity contribution is 5.66. The molecule has 3 aliphatic heterocycles. The number of hydrogen-bond donors (Lipinski definition) is 0. The molecule has 2 unspecified atom stereocenters. The second-order valence-corrected chi connectivity index (χ2v) is 4.09. The fraction of sp³-hybridized carbons (Fsp3) is 0.700. The van der Waals surface area contributed by atoms with Gasteiger partial charge in [0.1, 0.15) is 6.10 Å². The molecule has 2 saturated heterocycles. The van der Waals surface area contributed by atoms with Crippen LogP contribution in [0.25, 0.3) is 0 Å². The van der Waals surface area contributed by atoms with Crippen LogP contribution in [0.5, 0.6) is 0 Å². The van der Waals surface area contributed by atoms with Crippen LogP contribution < -0.4 is 0 Å². The van der Waals surface area contributed by atoms with Crippen molar-refractivity contribution in [2.24, 2.45) is 0 Å². The zero-order chi connectivity index (χ0) is 9.38. The summed E-state index contributed by atoms with van der Waals surface area (Å²) in [4.78, 5) is 2.29. The molecule has 2 fully saturated rings. The van der Waals surface area contributed by atoms with Crippen LogP contribution in [0, 0.1) is 0 Å². The van der Waals surface area contributed by atoms with Crippen molar-refractivity contribution in [2.45, 2.75) is 12.2 Å². The Hall–Kier alpha value is -0.870. The Morgan fingerprint density at radius 3 is 2.79 bits per heavy atom. The van der Waals surface area contributed by atoms with Crippen LogP contribution in [0.4, 0.5) is 0 Å². The summed E-state index contributed by atoms with van der Waals surface area (Å²) in [5.41, 5.74) is 0. The van der Waals surface area contributed by atoms with Crippen LogP contribution in [0.1, 0.15) is 0 Å². The van der Waals surface area contributed by atoms with Crippen molar-refractivity contribution >= 4 is 6.21 Å². The van der Waals surface area contributed by atoms with Crippen molar-refractivity contribution in [3.63, 3.8) is 0 Å². The van der Waals surface area contributed by atoms with Crippen molar-refractivity contribution in [1.82, 2.24) is 4.90 Å². The van der Waals surface area contributed by atoms with Crippen LogP contribution in [0.3, 0.4) is 0 Å². The highest BCUT2D eigenvalue weighted by Crippen LogP contribution is 2.13. The lowest BCUT2D eigenvalue weighted by molar-refractivity contribution is -0.544. The van der Waals surface area contributed by atoms with Gasteiger partial charge in [-0.2, -0.15) is 0 Å². The molecule has 0 aromatic heterocycles. The molecule has 3 aliphatic rings. The molecule has 0 bridgehead atoms. The fourth-order valence-electron chi connectivity index (χ4n) is 1.72. The maximum absolute atomic E-state index is 5.21. The molecule has 0 radical (unpaired) electrons. The molecule has 3 heterocycles. The van der Waals surface area contributed by atoms with Crippen molar-refractivity contribution < 1.29 is 14.0 Å². The largest absolute Gasteiger partial charge is 0.371 e. The molecule has 14 heavy (non-hydrogen) atoms. The van der Waals surface area contributed by atoms with E-state index in [1.54, 1.807) is 0 Å². The normalized spacial score (nSPS) is 34.3. The van der Waals surface area contributed by atoms with E-state index in [0.29, 0.717) is 12.2 Å². The maximum atomic E-state index is 5.21. The number of hydrogen-bond acceptors (Lipinski definition) is 3. The molecule has 0 aromatic rings. The lowest BCUT2D eigenvalue weighted by atomic mass is 10.4. The molecule has 3 rings (SSSR count). The summed E-state index contributed by atoms with van der Waals surface area (Å²) in [6.07, 6.45) is 7.29. The zero-order valence-corrected chi connectivity index (χ0v) is 8.13. The monoisotopic (exact) mass is 195 g/mol. The number of allylic oxidation sites excluding steroid dienone is 1. The van der Waals surface area contributed by atoms with Gasteiger partial charge in [0.15, 0.2) is 12.8 Å². The first-order valence-electron chi connectivity index (χ1n) is 5.13. The summed E-state index contributed by atoms with van der Waals surface area (Å²) in [5, 5.41) is 0. The van der Waals surface area contributed by atoms with Crippen LogP contribution in [0.15, 0.2) is 12.3 Å². The third kappa shape index (κ3) is 2.13. The summed E-state index contributed by atoms with van der Waals surface area (Å²) < 4.78 is 12.7. The van der Waals surface area contributed by atoms with E-state index in [-0.39, 0.29) is 0 Å². The van der Waals surface area contributed by atoms with E-state index in [1.165, 1.54) is 0 Å². The average molecular weight is 195 g/mol. The Morgan fingerprint density at radius 2 is 2.07 bits per heavy atom. The molecule has 2 atom stereocenters. The number of rotatable bonds is 4. The van der Waals surface area contributed by atoms with Gasteiger partial charge < -0.3 is 14.4 Å². The topological polar surface area (TPSA) is 31.3 Å². The van der Waals surface area contributed by atoms with Gasteiger partial charge in [-0.3, -0.25) is 0 Å². The van der Waals surface area contributed by atoms with E-state index in [0.717, 1.165) is 33.0 Å². The lowest BCUT2D eigenvalue weighted by Gasteiger charge is -2.19. The van der Waals surface area contributed by atoms with Crippen molar-refractivity contribution in [2.75, 3.05) is 33.0 Å². The quantitative estimate of drug-likeness (QED) is 0.454. The third-order valence-electron chi connectivity index (χ3n) is 2.64. The van der Waals surface area contributed by atoms with Gasteiger partial charge in [0.25, 0.3) is 0 Å². The van der Waals surface area contributed by atoms with Crippen LogP contribution in [-0.4, -0.2) is 60.9 Å². The minimum atomic E-state index is 0.469. The molecule has 0 spiro atoms. The molecular weight excluding hydrogens is 180 g/mol. The first kappa shape index (κ1) is 8.44. The Labute approximate surface area is 83.4 Å². The van der Waals surface area contributed by atoms with Gasteiger partial charge in [0.05, 0.1) is 25.9 Å². The van der Waals surface area contributed by atoms with Gasteiger partial charge in [-0.25, -0.2) is 4.58 Å². The van der Waals surface area contributed by atoms with Crippen molar-refractivity contribution in [3.05, 3.63) is 12.3 Å². The minimum Gasteiger partial charge on any atom is -0.371 e. The fourth-order valence-corrected chi connectivity index (χ4v) is 1.72. The van der Waals surface area contributed by atoms with Gasteiger partial charge in [-0.15, -0.1) is 0 Å². The smallest absolute Gasteiger partial charge is 0.218 e. The third-order valence-corrected chi connectivity index (χ3v) is 2.64. The first-order chi connectivity index (χ1) is 6.90. The summed E-state index contributed by atoms with van der Waals surface area (Å²) in [6.45, 7) is 4.87. The second kappa shape index (κ2) is 3.37. The van der Waals surface area contributed by atoms with Crippen LogP contribution in [-0.2, 0) is 9.47 Å². The minimum absolute atomic E-state index is 0.469. The number of ether oxygens (including phenoxy) is 2. The number of nitrogens with zero attached hydrogens (tertiary/aromatic N) is 2. The Morgan fingerprint density at radius 1 is 1.29 bits per heavy atom. The SMILES string of the molecule is C1=CN(CC2CO2)C[N+](CC2CO2)=C1. The summed E-state index contributed by atoms with van der Waals surface area (Å²) in [7, 11) is 0. The molecular formula is C10H15N2O2+. The van der Waals surface area contributed by atoms with E-state index >= 15 is 0 Å². The van der Waals surface area contributed by atoms with Gasteiger partial charge in [-0.1, -0.05) is 0 Å². The molecule has 0 aromatic carbocycles. The molecule has 0 amide bonds. The van der Waals surface area contributed by atoms with Crippen LogP contribution >= 0.6 is 0 Å². The lowest BCUT2D eigenvalue weighted by Crippen LogP contribution is -2.35. The predicted octanol–water partition coefficient (Wildman–Crippen LogP) is -0.346. The Kier molecular flexibility index (Phi) is 2.03. The van der Waals surface area contributed by atoms with Gasteiger partial charge >= 0.3 is 0 Å². The van der Waals surface area contributed by atoms with E-state index in [9.17, 15) is 0 Å². The summed E-state index contributed by atoms with van der Waals surface area (Å²) in [6, 6.07) is 0. The Bertz CT molecular complexity index is 280. The van der Waals surface area contributed by atoms with Crippen molar-refractivity contribution in [3.8, 4) is 0 Å². The molecule has 0 N–H and O–H groups in total. The standard InChI is InChI=1S/C10H15N2O2/c1-2-11(4-9-6-13-9)8-12(3-1)5-10-7-14-10/h1-3,9-10H,4-8H2/q+1. The van der Waals surface area contributed by atoms with Gasteiger partial charge in [0.2, 0.25) is 6.67 Å². The maximum Gasteiger partial charge on any atom is 0.218 e. The second-order valence-electron chi connectivity index (χ2n) is 4.09. The summed E-state index contributed by atoms with van der Waals surface area (Å²) >= 11 is 0. The first-order valence-corrected chi connectivity index (χ1v) is 5.13. The van der Waals surface area contributed by atoms with Crippen LogP contribution in [0.2, 0.25) is 0 Å². The predicted molar refractivity (Wildman–Crippen MR) is 51.4 cm³/mol. The van der Waals surface area contributed by atoms with E-state index in [1.807, 2.05) is 0 Å². The molecule has 0 saturated carbocycles. The van der Waals surface area contributed by atoms with Gasteiger partial charge in [0, 0.05) is 12.3 Å². The van der Waals surface area contributed by atoms with E-state index < -0.39 is 0 Å². The average Bonchev–Trinajstić information content (AvgIpc) is 3.00. The van der Waals surface area contributed by atoms with Gasteiger partial charge in [-0.05, 0) is 0 Å². The zero-order valence-electron chi connectivity index (χ0n) is 8.13. The molecule has 4 heteroatoms. The highest BCUT2D eigenvalue weighted by Gasteiger charge is 2.31. The van der Waals surface area contributed by atoms with E-state index in [4.69, 9.17) is 9.47 Å². The van der Waals surface area contributed by atoms with Crippen molar-refractivity contribution in [1.29, 1.82) is 0 Å². The number of epoxide rings is 2. The molecule has 0 aliphatic carbocycles.